The molecule has 1 atom stereocenters. The SMILES string of the molecule is CC(CN)c1ccc(F)nc1. The third-order valence-corrected chi connectivity index (χ3v) is 1.67. The van der Waals surface area contributed by atoms with E-state index in [-0.39, 0.29) is 5.92 Å². The predicted molar refractivity (Wildman–Crippen MR) is 41.7 cm³/mol. The highest BCUT2D eigenvalue weighted by Crippen LogP contribution is 2.11. The zero-order valence-electron chi connectivity index (χ0n) is 6.42. The van der Waals surface area contributed by atoms with Crippen molar-refractivity contribution in [1.29, 1.82) is 0 Å². The van der Waals surface area contributed by atoms with Crippen LogP contribution in [0, 0.1) is 5.95 Å². The van der Waals surface area contributed by atoms with E-state index in [4.69, 9.17) is 5.73 Å². The van der Waals surface area contributed by atoms with Gasteiger partial charge in [-0.2, -0.15) is 4.39 Å². The molecule has 0 aliphatic heterocycles. The minimum atomic E-state index is -0.446. The maximum Gasteiger partial charge on any atom is 0.212 e. The summed E-state index contributed by atoms with van der Waals surface area (Å²) in [5.74, 6) is -0.193. The maximum atomic E-state index is 12.3. The molecular weight excluding hydrogens is 143 g/mol. The van der Waals surface area contributed by atoms with Crippen molar-refractivity contribution < 1.29 is 4.39 Å². The lowest BCUT2D eigenvalue weighted by molar-refractivity contribution is 0.580. The first-order valence-electron chi connectivity index (χ1n) is 3.55. The molecule has 0 radical (unpaired) electrons. The van der Waals surface area contributed by atoms with Gasteiger partial charge in [0.2, 0.25) is 5.95 Å². The van der Waals surface area contributed by atoms with Crippen LogP contribution in [0.4, 0.5) is 4.39 Å². The van der Waals surface area contributed by atoms with Gasteiger partial charge in [-0.15, -0.1) is 0 Å². The lowest BCUT2D eigenvalue weighted by Gasteiger charge is -2.06. The lowest BCUT2D eigenvalue weighted by atomic mass is 10.0. The third kappa shape index (κ3) is 1.98. The summed E-state index contributed by atoms with van der Waals surface area (Å²) in [4.78, 5) is 3.53. The fourth-order valence-corrected chi connectivity index (χ4v) is 0.815. The van der Waals surface area contributed by atoms with Crippen LogP contribution < -0.4 is 5.73 Å². The van der Waals surface area contributed by atoms with E-state index in [0.29, 0.717) is 6.54 Å². The van der Waals surface area contributed by atoms with E-state index in [1.54, 1.807) is 6.07 Å². The molecule has 60 valence electrons. The number of nitrogens with zero attached hydrogens (tertiary/aromatic N) is 1. The van der Waals surface area contributed by atoms with E-state index >= 15 is 0 Å². The van der Waals surface area contributed by atoms with E-state index in [2.05, 4.69) is 4.98 Å². The number of rotatable bonds is 2. The van der Waals surface area contributed by atoms with E-state index in [1.807, 2.05) is 6.92 Å². The second kappa shape index (κ2) is 3.44. The van der Waals surface area contributed by atoms with Gasteiger partial charge in [-0.1, -0.05) is 13.0 Å². The quantitative estimate of drug-likeness (QED) is 0.652. The Balaban J connectivity index is 2.81. The first-order chi connectivity index (χ1) is 5.24. The number of pyridine rings is 1. The van der Waals surface area contributed by atoms with Crippen LogP contribution in [-0.4, -0.2) is 11.5 Å². The van der Waals surface area contributed by atoms with Gasteiger partial charge in [0.05, 0.1) is 0 Å². The summed E-state index contributed by atoms with van der Waals surface area (Å²) in [5.41, 5.74) is 6.40. The molecule has 1 aromatic heterocycles. The molecule has 1 rings (SSSR count). The number of hydrogen-bond acceptors (Lipinski definition) is 2. The molecule has 2 N–H and O–H groups in total. The summed E-state index contributed by atoms with van der Waals surface area (Å²) in [6.45, 7) is 2.54. The molecule has 0 aromatic carbocycles. The molecule has 1 aromatic rings. The van der Waals surface area contributed by atoms with Crippen LogP contribution in [0.25, 0.3) is 0 Å². The van der Waals surface area contributed by atoms with Crippen LogP contribution in [0.1, 0.15) is 18.4 Å². The van der Waals surface area contributed by atoms with Crippen LogP contribution in [0.2, 0.25) is 0 Å². The van der Waals surface area contributed by atoms with Crippen molar-refractivity contribution in [1.82, 2.24) is 4.98 Å². The van der Waals surface area contributed by atoms with Gasteiger partial charge in [-0.25, -0.2) is 4.98 Å². The van der Waals surface area contributed by atoms with Crippen molar-refractivity contribution in [3.05, 3.63) is 29.8 Å². The van der Waals surface area contributed by atoms with Crippen LogP contribution in [0.5, 0.6) is 0 Å². The van der Waals surface area contributed by atoms with Gasteiger partial charge in [0.15, 0.2) is 0 Å². The van der Waals surface area contributed by atoms with Gasteiger partial charge in [0.25, 0.3) is 0 Å². The summed E-state index contributed by atoms with van der Waals surface area (Å²) in [6.07, 6.45) is 1.52. The standard InChI is InChI=1S/C8H11FN2/c1-6(4-10)7-2-3-8(9)11-5-7/h2-3,5-6H,4,10H2,1H3. The molecule has 0 amide bonds. The van der Waals surface area contributed by atoms with Crippen LogP contribution in [0.3, 0.4) is 0 Å². The summed E-state index contributed by atoms with van der Waals surface area (Å²) in [7, 11) is 0. The fraction of sp³-hybridized carbons (Fsp3) is 0.375. The van der Waals surface area contributed by atoms with E-state index in [0.717, 1.165) is 5.56 Å². The first-order valence-corrected chi connectivity index (χ1v) is 3.55. The van der Waals surface area contributed by atoms with E-state index < -0.39 is 5.95 Å². The van der Waals surface area contributed by atoms with Crippen molar-refractivity contribution in [3.8, 4) is 0 Å². The van der Waals surface area contributed by atoms with Crippen molar-refractivity contribution in [2.24, 2.45) is 5.73 Å². The van der Waals surface area contributed by atoms with Crippen LogP contribution >= 0.6 is 0 Å². The summed E-state index contributed by atoms with van der Waals surface area (Å²) < 4.78 is 12.3. The number of halogens is 1. The molecule has 3 heteroatoms. The van der Waals surface area contributed by atoms with Crippen molar-refractivity contribution in [3.63, 3.8) is 0 Å². The largest absolute Gasteiger partial charge is 0.330 e. The molecular formula is C8H11FN2. The van der Waals surface area contributed by atoms with Gasteiger partial charge in [0.1, 0.15) is 0 Å². The molecule has 0 saturated carbocycles. The summed E-state index contributed by atoms with van der Waals surface area (Å²) in [6, 6.07) is 3.06. The normalized spacial score (nSPS) is 13.0. The Kier molecular flexibility index (Phi) is 2.54. The van der Waals surface area contributed by atoms with Crippen molar-refractivity contribution in [2.45, 2.75) is 12.8 Å². The molecule has 2 nitrogen and oxygen atoms in total. The second-order valence-corrected chi connectivity index (χ2v) is 2.55. The highest BCUT2D eigenvalue weighted by atomic mass is 19.1. The summed E-state index contributed by atoms with van der Waals surface area (Å²) in [5, 5.41) is 0. The Morgan fingerprint density at radius 1 is 1.64 bits per heavy atom. The number of aromatic nitrogens is 1. The van der Waals surface area contributed by atoms with Crippen LogP contribution in [-0.2, 0) is 0 Å². The molecule has 11 heavy (non-hydrogen) atoms. The average molecular weight is 154 g/mol. The maximum absolute atomic E-state index is 12.3. The van der Waals surface area contributed by atoms with E-state index in [9.17, 15) is 4.39 Å². The Morgan fingerprint density at radius 3 is 2.82 bits per heavy atom. The minimum absolute atomic E-state index is 0.253. The lowest BCUT2D eigenvalue weighted by Crippen LogP contribution is -2.09. The molecule has 0 fully saturated rings. The van der Waals surface area contributed by atoms with Gasteiger partial charge in [-0.3, -0.25) is 0 Å². The Morgan fingerprint density at radius 2 is 2.36 bits per heavy atom. The van der Waals surface area contributed by atoms with Gasteiger partial charge in [0, 0.05) is 6.20 Å². The minimum Gasteiger partial charge on any atom is -0.330 e. The molecule has 0 aliphatic rings. The highest BCUT2D eigenvalue weighted by molar-refractivity contribution is 5.14. The zero-order chi connectivity index (χ0) is 8.27. The molecule has 1 unspecified atom stereocenters. The first kappa shape index (κ1) is 8.14. The van der Waals surface area contributed by atoms with Crippen molar-refractivity contribution in [2.75, 3.05) is 6.54 Å². The van der Waals surface area contributed by atoms with Gasteiger partial charge >= 0.3 is 0 Å². The predicted octanol–water partition coefficient (Wildman–Crippen LogP) is 1.28. The second-order valence-electron chi connectivity index (χ2n) is 2.55. The summed E-state index contributed by atoms with van der Waals surface area (Å²) >= 11 is 0. The van der Waals surface area contributed by atoms with E-state index in [1.165, 1.54) is 12.3 Å². The number of nitrogens with two attached hydrogens (primary N) is 1. The molecule has 1 heterocycles. The highest BCUT2D eigenvalue weighted by Gasteiger charge is 2.02. The molecule has 0 spiro atoms. The molecule has 0 aliphatic carbocycles. The monoisotopic (exact) mass is 154 g/mol. The number of hydrogen-bond donors (Lipinski definition) is 1. The van der Waals surface area contributed by atoms with Crippen LogP contribution in [0.15, 0.2) is 18.3 Å². The third-order valence-electron chi connectivity index (χ3n) is 1.67. The fourth-order valence-electron chi connectivity index (χ4n) is 0.815. The topological polar surface area (TPSA) is 38.9 Å². The Bertz CT molecular complexity index is 220. The molecule has 0 saturated heterocycles. The smallest absolute Gasteiger partial charge is 0.212 e. The average Bonchev–Trinajstić information content (AvgIpc) is 2.05. The molecule has 0 bridgehead atoms. The zero-order valence-corrected chi connectivity index (χ0v) is 6.42. The van der Waals surface area contributed by atoms with Gasteiger partial charge in [-0.05, 0) is 24.1 Å². The Labute approximate surface area is 65.3 Å². The van der Waals surface area contributed by atoms with Crippen molar-refractivity contribution >= 4 is 0 Å². The Hall–Kier alpha value is -0.960. The van der Waals surface area contributed by atoms with Gasteiger partial charge < -0.3 is 5.73 Å².